The predicted molar refractivity (Wildman–Crippen MR) is 81.8 cm³/mol. The van der Waals surface area contributed by atoms with Crippen LogP contribution in [0.1, 0.15) is 20.3 Å². The number of benzene rings is 1. The highest BCUT2D eigenvalue weighted by Crippen LogP contribution is 2.28. The molecule has 0 bridgehead atoms. The highest BCUT2D eigenvalue weighted by Gasteiger charge is 2.12. The lowest BCUT2D eigenvalue weighted by Crippen LogP contribution is -2.08. The maximum absolute atomic E-state index is 5.53. The topological polar surface area (TPSA) is 69.2 Å². The lowest BCUT2D eigenvalue weighted by atomic mass is 10.2. The van der Waals surface area contributed by atoms with E-state index in [1.54, 1.807) is 7.11 Å². The van der Waals surface area contributed by atoms with E-state index in [2.05, 4.69) is 20.3 Å². The lowest BCUT2D eigenvalue weighted by Gasteiger charge is -2.10. The van der Waals surface area contributed by atoms with Gasteiger partial charge in [0.15, 0.2) is 5.82 Å². The molecule has 2 rings (SSSR count). The molecule has 0 radical (unpaired) electrons. The molecule has 0 saturated heterocycles. The van der Waals surface area contributed by atoms with E-state index in [0.717, 1.165) is 18.5 Å². The van der Waals surface area contributed by atoms with Crippen LogP contribution in [0.4, 0.5) is 5.95 Å². The number of ether oxygens (including phenoxy) is 2. The number of hydrogen-bond acceptors (Lipinski definition) is 6. The van der Waals surface area contributed by atoms with Gasteiger partial charge >= 0.3 is 6.01 Å². The molecule has 112 valence electrons. The molecule has 0 amide bonds. The fraction of sp³-hybridized carbons (Fsp3) is 0.400. The predicted octanol–water partition coefficient (Wildman–Crippen LogP) is 2.77. The Hall–Kier alpha value is -2.37. The van der Waals surface area contributed by atoms with Crippen LogP contribution in [0.25, 0.3) is 11.4 Å². The standard InChI is InChI=1S/C15H20N4O2/c1-4-10-21-15-18-13(17-14(19-15)16-5-2)11-8-6-7-9-12(11)20-3/h6-9H,4-5,10H2,1-3H3,(H,16,17,18,19). The van der Waals surface area contributed by atoms with Gasteiger partial charge in [0.2, 0.25) is 5.95 Å². The Labute approximate surface area is 124 Å². The van der Waals surface area contributed by atoms with Gasteiger partial charge in [0.1, 0.15) is 5.75 Å². The van der Waals surface area contributed by atoms with Crippen molar-refractivity contribution in [3.05, 3.63) is 24.3 Å². The minimum Gasteiger partial charge on any atom is -0.496 e. The van der Waals surface area contributed by atoms with Gasteiger partial charge in [-0.25, -0.2) is 0 Å². The van der Waals surface area contributed by atoms with Crippen molar-refractivity contribution in [2.75, 3.05) is 25.6 Å². The number of nitrogens with zero attached hydrogens (tertiary/aromatic N) is 3. The summed E-state index contributed by atoms with van der Waals surface area (Å²) in [6.45, 7) is 5.32. The van der Waals surface area contributed by atoms with Crippen molar-refractivity contribution in [1.82, 2.24) is 15.0 Å². The van der Waals surface area contributed by atoms with Gasteiger partial charge in [-0.15, -0.1) is 0 Å². The zero-order valence-electron chi connectivity index (χ0n) is 12.6. The van der Waals surface area contributed by atoms with E-state index >= 15 is 0 Å². The van der Waals surface area contributed by atoms with Crippen molar-refractivity contribution < 1.29 is 9.47 Å². The Morgan fingerprint density at radius 3 is 2.62 bits per heavy atom. The lowest BCUT2D eigenvalue weighted by molar-refractivity contribution is 0.292. The molecular formula is C15H20N4O2. The molecule has 0 aliphatic carbocycles. The van der Waals surface area contributed by atoms with E-state index in [1.807, 2.05) is 38.1 Å². The van der Waals surface area contributed by atoms with Crippen LogP contribution in [0.2, 0.25) is 0 Å². The van der Waals surface area contributed by atoms with Crippen LogP contribution in [0.15, 0.2) is 24.3 Å². The molecule has 0 fully saturated rings. The van der Waals surface area contributed by atoms with Crippen molar-refractivity contribution in [3.8, 4) is 23.1 Å². The Morgan fingerprint density at radius 2 is 1.90 bits per heavy atom. The van der Waals surface area contributed by atoms with Gasteiger partial charge < -0.3 is 14.8 Å². The summed E-state index contributed by atoms with van der Waals surface area (Å²) in [5.41, 5.74) is 0.808. The van der Waals surface area contributed by atoms with Gasteiger partial charge in [0.05, 0.1) is 19.3 Å². The fourth-order valence-corrected chi connectivity index (χ4v) is 1.80. The Kier molecular flexibility index (Phi) is 5.31. The van der Waals surface area contributed by atoms with Crippen LogP contribution in [0.3, 0.4) is 0 Å². The molecule has 0 saturated carbocycles. The van der Waals surface area contributed by atoms with Crippen LogP contribution in [0, 0.1) is 0 Å². The average molecular weight is 288 g/mol. The van der Waals surface area contributed by atoms with E-state index in [4.69, 9.17) is 9.47 Å². The SMILES string of the molecule is CCCOc1nc(NCC)nc(-c2ccccc2OC)n1. The van der Waals surface area contributed by atoms with Crippen molar-refractivity contribution in [3.63, 3.8) is 0 Å². The molecule has 0 unspecified atom stereocenters. The monoisotopic (exact) mass is 288 g/mol. The highest BCUT2D eigenvalue weighted by molar-refractivity contribution is 5.64. The second kappa shape index (κ2) is 7.42. The summed E-state index contributed by atoms with van der Waals surface area (Å²) in [6.07, 6.45) is 0.895. The maximum Gasteiger partial charge on any atom is 0.321 e. The number of para-hydroxylation sites is 1. The summed E-state index contributed by atoms with van der Waals surface area (Å²) >= 11 is 0. The highest BCUT2D eigenvalue weighted by atomic mass is 16.5. The average Bonchev–Trinajstić information content (AvgIpc) is 2.53. The number of nitrogens with one attached hydrogen (secondary N) is 1. The molecule has 21 heavy (non-hydrogen) atoms. The first-order valence-electron chi connectivity index (χ1n) is 7.04. The second-order valence-electron chi connectivity index (χ2n) is 4.34. The van der Waals surface area contributed by atoms with E-state index in [9.17, 15) is 0 Å². The molecule has 0 aliphatic heterocycles. The summed E-state index contributed by atoms with van der Waals surface area (Å²) in [5, 5.41) is 3.09. The molecule has 1 N–H and O–H groups in total. The van der Waals surface area contributed by atoms with Crippen LogP contribution < -0.4 is 14.8 Å². The van der Waals surface area contributed by atoms with Crippen molar-refractivity contribution in [2.45, 2.75) is 20.3 Å². The molecule has 1 aromatic carbocycles. The Morgan fingerprint density at radius 1 is 1.10 bits per heavy atom. The van der Waals surface area contributed by atoms with Crippen molar-refractivity contribution in [1.29, 1.82) is 0 Å². The number of aromatic nitrogens is 3. The minimum atomic E-state index is 0.323. The summed E-state index contributed by atoms with van der Waals surface area (Å²) < 4.78 is 10.9. The van der Waals surface area contributed by atoms with Crippen LogP contribution in [-0.2, 0) is 0 Å². The van der Waals surface area contributed by atoms with E-state index < -0.39 is 0 Å². The molecule has 6 heteroatoms. The number of hydrogen-bond donors (Lipinski definition) is 1. The van der Waals surface area contributed by atoms with Crippen LogP contribution in [-0.4, -0.2) is 35.2 Å². The van der Waals surface area contributed by atoms with E-state index in [0.29, 0.717) is 30.1 Å². The molecule has 0 atom stereocenters. The first-order chi connectivity index (χ1) is 10.3. The maximum atomic E-state index is 5.53. The number of rotatable bonds is 7. The Balaban J connectivity index is 2.43. The summed E-state index contributed by atoms with van der Waals surface area (Å²) in [6, 6.07) is 7.93. The van der Waals surface area contributed by atoms with Gasteiger partial charge in [-0.1, -0.05) is 19.1 Å². The zero-order valence-corrected chi connectivity index (χ0v) is 12.6. The molecule has 1 heterocycles. The molecule has 6 nitrogen and oxygen atoms in total. The van der Waals surface area contributed by atoms with E-state index in [1.165, 1.54) is 0 Å². The number of anilines is 1. The molecule has 2 aromatic rings. The van der Waals surface area contributed by atoms with Gasteiger partial charge in [-0.2, -0.15) is 15.0 Å². The normalized spacial score (nSPS) is 10.2. The van der Waals surface area contributed by atoms with Crippen LogP contribution >= 0.6 is 0 Å². The fourth-order valence-electron chi connectivity index (χ4n) is 1.80. The summed E-state index contributed by atoms with van der Waals surface area (Å²) in [4.78, 5) is 13.0. The third-order valence-electron chi connectivity index (χ3n) is 2.73. The quantitative estimate of drug-likeness (QED) is 0.845. The first-order valence-corrected chi connectivity index (χ1v) is 7.04. The zero-order chi connectivity index (χ0) is 15.1. The van der Waals surface area contributed by atoms with Gasteiger partial charge in [0, 0.05) is 6.54 Å². The van der Waals surface area contributed by atoms with Crippen molar-refractivity contribution >= 4 is 5.95 Å². The molecule has 0 spiro atoms. The number of methoxy groups -OCH3 is 1. The van der Waals surface area contributed by atoms with Crippen LogP contribution in [0.5, 0.6) is 11.8 Å². The van der Waals surface area contributed by atoms with Gasteiger partial charge in [-0.3, -0.25) is 0 Å². The van der Waals surface area contributed by atoms with Crippen molar-refractivity contribution in [2.24, 2.45) is 0 Å². The molecule has 1 aromatic heterocycles. The summed E-state index contributed by atoms with van der Waals surface area (Å²) in [7, 11) is 1.62. The Bertz CT molecular complexity index is 590. The van der Waals surface area contributed by atoms with Gasteiger partial charge in [0.25, 0.3) is 0 Å². The smallest absolute Gasteiger partial charge is 0.321 e. The first kappa shape index (κ1) is 15.0. The third-order valence-corrected chi connectivity index (χ3v) is 2.73. The second-order valence-corrected chi connectivity index (χ2v) is 4.34. The third kappa shape index (κ3) is 3.81. The van der Waals surface area contributed by atoms with E-state index in [-0.39, 0.29) is 0 Å². The summed E-state index contributed by atoms with van der Waals surface area (Å²) in [5.74, 6) is 1.75. The molecule has 0 aliphatic rings. The molecular weight excluding hydrogens is 268 g/mol. The van der Waals surface area contributed by atoms with Gasteiger partial charge in [-0.05, 0) is 25.5 Å². The largest absolute Gasteiger partial charge is 0.496 e. The minimum absolute atomic E-state index is 0.323.